The van der Waals surface area contributed by atoms with Crippen molar-refractivity contribution in [3.05, 3.63) is 54.1 Å². The minimum atomic E-state index is -0.829. The average molecular weight is 273 g/mol. The number of esters is 1. The van der Waals surface area contributed by atoms with Gasteiger partial charge in [-0.2, -0.15) is 0 Å². The maximum absolute atomic E-state index is 11.6. The van der Waals surface area contributed by atoms with E-state index in [4.69, 9.17) is 4.74 Å². The van der Waals surface area contributed by atoms with E-state index < -0.39 is 12.1 Å². The van der Waals surface area contributed by atoms with Gasteiger partial charge in [-0.25, -0.2) is 4.79 Å². The highest BCUT2D eigenvalue weighted by atomic mass is 16.5. The SMILES string of the molecule is C=CCNC(=O)C(C)OC(=O)/C=C/c1ccc(C)cc1. The molecule has 0 aromatic heterocycles. The summed E-state index contributed by atoms with van der Waals surface area (Å²) in [7, 11) is 0. The summed E-state index contributed by atoms with van der Waals surface area (Å²) in [6.07, 6.45) is 3.69. The van der Waals surface area contributed by atoms with Crippen LogP contribution in [0.4, 0.5) is 0 Å². The van der Waals surface area contributed by atoms with Gasteiger partial charge in [0.1, 0.15) is 0 Å². The Bertz CT molecular complexity index is 503. The number of ether oxygens (including phenoxy) is 1. The van der Waals surface area contributed by atoms with Gasteiger partial charge in [0.15, 0.2) is 6.10 Å². The van der Waals surface area contributed by atoms with Crippen molar-refractivity contribution in [2.24, 2.45) is 0 Å². The van der Waals surface area contributed by atoms with Crippen molar-refractivity contribution in [3.63, 3.8) is 0 Å². The minimum absolute atomic E-state index is 0.345. The number of benzene rings is 1. The first-order valence-electron chi connectivity index (χ1n) is 6.37. The smallest absolute Gasteiger partial charge is 0.331 e. The number of aryl methyl sites for hydroxylation is 1. The first-order valence-corrected chi connectivity index (χ1v) is 6.37. The lowest BCUT2D eigenvalue weighted by Gasteiger charge is -2.10. The predicted octanol–water partition coefficient (Wildman–Crippen LogP) is 2.24. The third-order valence-corrected chi connectivity index (χ3v) is 2.57. The zero-order valence-corrected chi connectivity index (χ0v) is 11.8. The molecule has 0 radical (unpaired) electrons. The summed E-state index contributed by atoms with van der Waals surface area (Å²) in [5, 5.41) is 2.56. The number of hydrogen-bond acceptors (Lipinski definition) is 3. The first kappa shape index (κ1) is 15.7. The molecule has 1 aromatic carbocycles. The van der Waals surface area contributed by atoms with E-state index in [1.807, 2.05) is 31.2 Å². The van der Waals surface area contributed by atoms with Crippen molar-refractivity contribution in [3.8, 4) is 0 Å². The van der Waals surface area contributed by atoms with Crippen molar-refractivity contribution < 1.29 is 14.3 Å². The lowest BCUT2D eigenvalue weighted by atomic mass is 10.1. The molecule has 1 aromatic rings. The van der Waals surface area contributed by atoms with Crippen molar-refractivity contribution in [1.82, 2.24) is 5.32 Å². The molecule has 0 aliphatic carbocycles. The summed E-state index contributed by atoms with van der Waals surface area (Å²) < 4.78 is 4.98. The van der Waals surface area contributed by atoms with E-state index in [2.05, 4.69) is 11.9 Å². The van der Waals surface area contributed by atoms with Crippen LogP contribution in [0.5, 0.6) is 0 Å². The molecule has 0 fully saturated rings. The van der Waals surface area contributed by atoms with Gasteiger partial charge in [-0.05, 0) is 25.5 Å². The lowest BCUT2D eigenvalue weighted by Crippen LogP contribution is -2.35. The van der Waals surface area contributed by atoms with E-state index in [9.17, 15) is 9.59 Å². The molecular weight excluding hydrogens is 254 g/mol. The van der Waals surface area contributed by atoms with E-state index in [1.54, 1.807) is 12.2 Å². The fraction of sp³-hybridized carbons (Fsp3) is 0.250. The monoisotopic (exact) mass is 273 g/mol. The molecule has 0 spiro atoms. The molecule has 1 N–H and O–H groups in total. The van der Waals surface area contributed by atoms with Crippen LogP contribution in [0.1, 0.15) is 18.1 Å². The first-order chi connectivity index (χ1) is 9.52. The highest BCUT2D eigenvalue weighted by Crippen LogP contribution is 2.05. The van der Waals surface area contributed by atoms with Gasteiger partial charge in [0.25, 0.3) is 5.91 Å². The summed E-state index contributed by atoms with van der Waals surface area (Å²) in [5.41, 5.74) is 2.05. The third-order valence-electron chi connectivity index (χ3n) is 2.57. The Kier molecular flexibility index (Phi) is 6.23. The number of amides is 1. The second kappa shape index (κ2) is 7.94. The number of hydrogen-bond donors (Lipinski definition) is 1. The number of rotatable bonds is 6. The van der Waals surface area contributed by atoms with Gasteiger partial charge in [-0.15, -0.1) is 6.58 Å². The molecule has 0 aliphatic heterocycles. The fourth-order valence-corrected chi connectivity index (χ4v) is 1.43. The van der Waals surface area contributed by atoms with Crippen molar-refractivity contribution in [1.29, 1.82) is 0 Å². The molecule has 0 heterocycles. The Labute approximate surface area is 119 Å². The second-order valence-electron chi connectivity index (χ2n) is 4.36. The topological polar surface area (TPSA) is 55.4 Å². The second-order valence-corrected chi connectivity index (χ2v) is 4.36. The van der Waals surface area contributed by atoms with E-state index >= 15 is 0 Å². The summed E-state index contributed by atoms with van der Waals surface area (Å²) >= 11 is 0. The molecule has 4 heteroatoms. The maximum Gasteiger partial charge on any atom is 0.331 e. The summed E-state index contributed by atoms with van der Waals surface area (Å²) in [5.74, 6) is -0.895. The molecule has 0 aliphatic rings. The Morgan fingerprint density at radius 3 is 2.60 bits per heavy atom. The van der Waals surface area contributed by atoms with Crippen LogP contribution in [0.2, 0.25) is 0 Å². The van der Waals surface area contributed by atoms with Crippen LogP contribution < -0.4 is 5.32 Å². The van der Waals surface area contributed by atoms with Gasteiger partial charge < -0.3 is 10.1 Å². The minimum Gasteiger partial charge on any atom is -0.449 e. The molecule has 1 amide bonds. The quantitative estimate of drug-likeness (QED) is 0.491. The zero-order valence-electron chi connectivity index (χ0n) is 11.8. The zero-order chi connectivity index (χ0) is 15.0. The summed E-state index contributed by atoms with van der Waals surface area (Å²) in [6.45, 7) is 7.35. The van der Waals surface area contributed by atoms with Crippen molar-refractivity contribution in [2.45, 2.75) is 20.0 Å². The predicted molar refractivity (Wildman–Crippen MR) is 79.0 cm³/mol. The molecule has 4 nitrogen and oxygen atoms in total. The molecule has 1 unspecified atom stereocenters. The molecule has 0 saturated heterocycles. The molecule has 0 bridgehead atoms. The fourth-order valence-electron chi connectivity index (χ4n) is 1.43. The van der Waals surface area contributed by atoms with Crippen LogP contribution in [-0.2, 0) is 14.3 Å². The average Bonchev–Trinajstić information content (AvgIpc) is 2.44. The Hall–Kier alpha value is -2.36. The van der Waals surface area contributed by atoms with Gasteiger partial charge >= 0.3 is 5.97 Å². The highest BCUT2D eigenvalue weighted by molar-refractivity contribution is 5.90. The molecule has 106 valence electrons. The Balaban J connectivity index is 2.48. The number of carbonyl (C=O) groups excluding carboxylic acids is 2. The highest BCUT2D eigenvalue weighted by Gasteiger charge is 2.15. The van der Waals surface area contributed by atoms with Crippen LogP contribution >= 0.6 is 0 Å². The van der Waals surface area contributed by atoms with Crippen LogP contribution in [0.15, 0.2) is 43.0 Å². The number of carbonyl (C=O) groups is 2. The van der Waals surface area contributed by atoms with E-state index in [-0.39, 0.29) is 5.91 Å². The van der Waals surface area contributed by atoms with E-state index in [1.165, 1.54) is 13.0 Å². The Morgan fingerprint density at radius 1 is 1.35 bits per heavy atom. The van der Waals surface area contributed by atoms with Crippen LogP contribution in [0.25, 0.3) is 6.08 Å². The third kappa shape index (κ3) is 5.52. The molecule has 1 rings (SSSR count). The van der Waals surface area contributed by atoms with Gasteiger partial charge in [0.2, 0.25) is 0 Å². The molecule has 20 heavy (non-hydrogen) atoms. The molecule has 0 saturated carbocycles. The van der Waals surface area contributed by atoms with Gasteiger partial charge in [-0.1, -0.05) is 35.9 Å². The van der Waals surface area contributed by atoms with Gasteiger partial charge in [0.05, 0.1) is 0 Å². The van der Waals surface area contributed by atoms with E-state index in [0.29, 0.717) is 6.54 Å². The summed E-state index contributed by atoms with van der Waals surface area (Å²) in [6, 6.07) is 7.71. The summed E-state index contributed by atoms with van der Waals surface area (Å²) in [4.78, 5) is 23.1. The van der Waals surface area contributed by atoms with Crippen LogP contribution in [0, 0.1) is 6.92 Å². The largest absolute Gasteiger partial charge is 0.449 e. The van der Waals surface area contributed by atoms with Gasteiger partial charge in [0, 0.05) is 12.6 Å². The standard InChI is InChI=1S/C16H19NO3/c1-4-11-17-16(19)13(3)20-15(18)10-9-14-7-5-12(2)6-8-14/h4-10,13H,1,11H2,2-3H3,(H,17,19)/b10-9+. The Morgan fingerprint density at radius 2 is 2.00 bits per heavy atom. The van der Waals surface area contributed by atoms with Crippen molar-refractivity contribution in [2.75, 3.05) is 6.54 Å². The number of nitrogens with one attached hydrogen (secondary N) is 1. The normalized spacial score (nSPS) is 11.9. The van der Waals surface area contributed by atoms with E-state index in [0.717, 1.165) is 11.1 Å². The van der Waals surface area contributed by atoms with Crippen LogP contribution in [-0.4, -0.2) is 24.5 Å². The molecule has 1 atom stereocenters. The van der Waals surface area contributed by atoms with Gasteiger partial charge in [-0.3, -0.25) is 4.79 Å². The lowest BCUT2D eigenvalue weighted by molar-refractivity contribution is -0.150. The maximum atomic E-state index is 11.6. The molecular formula is C16H19NO3. The van der Waals surface area contributed by atoms with Crippen molar-refractivity contribution >= 4 is 18.0 Å². The van der Waals surface area contributed by atoms with Crippen LogP contribution in [0.3, 0.4) is 0 Å².